The van der Waals surface area contributed by atoms with Gasteiger partial charge in [0, 0.05) is 17.4 Å². The molecule has 1 aromatic rings. The molecule has 1 unspecified atom stereocenters. The number of anilines is 1. The SMILES string of the molecule is O=C(NCCC(O)C(=O)O)Nc1cc(F)ccc1Br. The maximum absolute atomic E-state index is 13.0. The van der Waals surface area contributed by atoms with E-state index in [2.05, 4.69) is 26.6 Å². The minimum absolute atomic E-state index is 0.0216. The minimum atomic E-state index is -1.53. The number of rotatable bonds is 5. The number of aliphatic hydroxyl groups is 1. The summed E-state index contributed by atoms with van der Waals surface area (Å²) in [7, 11) is 0. The van der Waals surface area contributed by atoms with E-state index in [0.717, 1.165) is 6.07 Å². The third kappa shape index (κ3) is 5.23. The van der Waals surface area contributed by atoms with Crippen LogP contribution in [0.4, 0.5) is 14.9 Å². The smallest absolute Gasteiger partial charge is 0.332 e. The van der Waals surface area contributed by atoms with E-state index in [1.54, 1.807) is 0 Å². The van der Waals surface area contributed by atoms with Gasteiger partial charge in [0.1, 0.15) is 5.82 Å². The molecule has 19 heavy (non-hydrogen) atoms. The largest absolute Gasteiger partial charge is 0.479 e. The Bertz CT molecular complexity index is 484. The summed E-state index contributed by atoms with van der Waals surface area (Å²) in [5.41, 5.74) is 0.247. The van der Waals surface area contributed by atoms with Crippen LogP contribution in [0.3, 0.4) is 0 Å². The Morgan fingerprint density at radius 2 is 2.11 bits per heavy atom. The van der Waals surface area contributed by atoms with Crippen LogP contribution >= 0.6 is 15.9 Å². The summed E-state index contributed by atoms with van der Waals surface area (Å²) >= 11 is 3.14. The van der Waals surface area contributed by atoms with Crippen LogP contribution in [0.5, 0.6) is 0 Å². The van der Waals surface area contributed by atoms with Crippen molar-refractivity contribution in [3.63, 3.8) is 0 Å². The zero-order chi connectivity index (χ0) is 14.4. The lowest BCUT2D eigenvalue weighted by Gasteiger charge is -2.10. The highest BCUT2D eigenvalue weighted by atomic mass is 79.9. The first kappa shape index (κ1) is 15.4. The Labute approximate surface area is 116 Å². The summed E-state index contributed by atoms with van der Waals surface area (Å²) in [4.78, 5) is 21.8. The number of amides is 2. The second-order valence-corrected chi connectivity index (χ2v) is 4.50. The standard InChI is InChI=1S/C11H12BrFN2O4/c12-7-2-1-6(13)5-8(7)15-11(19)14-4-3-9(16)10(17)18/h1-2,5,9,16H,3-4H2,(H,17,18)(H2,14,15,19). The molecule has 1 aromatic carbocycles. The predicted molar refractivity (Wildman–Crippen MR) is 69.4 cm³/mol. The van der Waals surface area contributed by atoms with E-state index in [-0.39, 0.29) is 18.7 Å². The van der Waals surface area contributed by atoms with Gasteiger partial charge in [-0.15, -0.1) is 0 Å². The van der Waals surface area contributed by atoms with Gasteiger partial charge in [-0.2, -0.15) is 0 Å². The zero-order valence-electron chi connectivity index (χ0n) is 9.69. The monoisotopic (exact) mass is 334 g/mol. The van der Waals surface area contributed by atoms with E-state index in [9.17, 15) is 14.0 Å². The summed E-state index contributed by atoms with van der Waals surface area (Å²) < 4.78 is 13.5. The molecule has 8 heteroatoms. The molecule has 0 bridgehead atoms. The first-order valence-corrected chi connectivity index (χ1v) is 6.10. The van der Waals surface area contributed by atoms with Crippen molar-refractivity contribution in [2.24, 2.45) is 0 Å². The molecule has 1 rings (SSSR count). The van der Waals surface area contributed by atoms with Crippen molar-refractivity contribution in [2.45, 2.75) is 12.5 Å². The number of carboxylic acids is 1. The van der Waals surface area contributed by atoms with Crippen molar-refractivity contribution in [3.8, 4) is 0 Å². The fraction of sp³-hybridized carbons (Fsp3) is 0.273. The minimum Gasteiger partial charge on any atom is -0.479 e. The zero-order valence-corrected chi connectivity index (χ0v) is 11.3. The molecule has 104 valence electrons. The van der Waals surface area contributed by atoms with E-state index in [1.807, 2.05) is 0 Å². The molecule has 0 saturated carbocycles. The van der Waals surface area contributed by atoms with E-state index in [0.29, 0.717) is 4.47 Å². The lowest BCUT2D eigenvalue weighted by molar-refractivity contribution is -0.146. The lowest BCUT2D eigenvalue weighted by atomic mass is 10.2. The molecule has 0 aliphatic rings. The van der Waals surface area contributed by atoms with Gasteiger partial charge in [0.2, 0.25) is 0 Å². The number of carbonyl (C=O) groups is 2. The molecule has 6 nitrogen and oxygen atoms in total. The van der Waals surface area contributed by atoms with E-state index < -0.39 is 23.9 Å². The Morgan fingerprint density at radius 3 is 2.74 bits per heavy atom. The molecule has 0 heterocycles. The summed E-state index contributed by atoms with van der Waals surface area (Å²) in [5, 5.41) is 22.1. The highest BCUT2D eigenvalue weighted by Crippen LogP contribution is 2.22. The fourth-order valence-corrected chi connectivity index (χ4v) is 1.55. The number of nitrogens with one attached hydrogen (secondary N) is 2. The number of carboxylic acid groups (broad SMARTS) is 1. The molecule has 2 amide bonds. The first-order chi connectivity index (χ1) is 8.90. The van der Waals surface area contributed by atoms with Crippen molar-refractivity contribution >= 4 is 33.6 Å². The second kappa shape index (κ2) is 7.05. The Morgan fingerprint density at radius 1 is 1.42 bits per heavy atom. The molecule has 0 radical (unpaired) electrons. The van der Waals surface area contributed by atoms with Crippen molar-refractivity contribution in [2.75, 3.05) is 11.9 Å². The van der Waals surface area contributed by atoms with Crippen LogP contribution < -0.4 is 10.6 Å². The second-order valence-electron chi connectivity index (χ2n) is 3.65. The van der Waals surface area contributed by atoms with Gasteiger partial charge in [0.05, 0.1) is 5.69 Å². The number of carbonyl (C=O) groups excluding carboxylic acids is 1. The maximum atomic E-state index is 13.0. The van der Waals surface area contributed by atoms with Gasteiger partial charge in [0.25, 0.3) is 0 Å². The van der Waals surface area contributed by atoms with Crippen molar-refractivity contribution < 1.29 is 24.2 Å². The van der Waals surface area contributed by atoms with Crippen molar-refractivity contribution in [1.82, 2.24) is 5.32 Å². The van der Waals surface area contributed by atoms with Gasteiger partial charge in [0.15, 0.2) is 6.10 Å². The number of hydrogen-bond donors (Lipinski definition) is 4. The normalized spacial score (nSPS) is 11.7. The number of hydrogen-bond acceptors (Lipinski definition) is 3. The number of halogens is 2. The number of benzene rings is 1. The van der Waals surface area contributed by atoms with Gasteiger partial charge in [-0.25, -0.2) is 14.0 Å². The van der Waals surface area contributed by atoms with Crippen molar-refractivity contribution in [1.29, 1.82) is 0 Å². The summed E-state index contributed by atoms with van der Waals surface area (Å²) in [6, 6.07) is 3.19. The highest BCUT2D eigenvalue weighted by Gasteiger charge is 2.13. The van der Waals surface area contributed by atoms with Crippen molar-refractivity contribution in [3.05, 3.63) is 28.5 Å². The fourth-order valence-electron chi connectivity index (χ4n) is 1.21. The molecular weight excluding hydrogens is 323 g/mol. The van der Waals surface area contributed by atoms with Crippen LogP contribution in [0.1, 0.15) is 6.42 Å². The number of aliphatic hydroxyl groups excluding tert-OH is 1. The summed E-state index contributed by atoms with van der Waals surface area (Å²) in [6.45, 7) is -0.0216. The van der Waals surface area contributed by atoms with Gasteiger partial charge < -0.3 is 20.8 Å². The summed E-state index contributed by atoms with van der Waals surface area (Å²) in [5.74, 6) is -1.85. The van der Waals surface area contributed by atoms with Crippen LogP contribution in [0.15, 0.2) is 22.7 Å². The van der Waals surface area contributed by atoms with Crippen LogP contribution in [0, 0.1) is 5.82 Å². The van der Waals surface area contributed by atoms with E-state index in [4.69, 9.17) is 10.2 Å². The van der Waals surface area contributed by atoms with Crippen LogP contribution in [-0.4, -0.2) is 34.9 Å². The molecule has 0 aliphatic heterocycles. The number of urea groups is 1. The van der Waals surface area contributed by atoms with Crippen LogP contribution in [-0.2, 0) is 4.79 Å². The molecule has 1 atom stereocenters. The molecule has 4 N–H and O–H groups in total. The molecule has 0 fully saturated rings. The predicted octanol–water partition coefficient (Wildman–Crippen LogP) is 1.55. The lowest BCUT2D eigenvalue weighted by Crippen LogP contribution is -2.33. The summed E-state index contributed by atoms with van der Waals surface area (Å²) in [6.07, 6.45) is -1.64. The average Bonchev–Trinajstić information content (AvgIpc) is 2.33. The highest BCUT2D eigenvalue weighted by molar-refractivity contribution is 9.10. The average molecular weight is 335 g/mol. The van der Waals surface area contributed by atoms with Gasteiger partial charge >= 0.3 is 12.0 Å². The Balaban J connectivity index is 2.43. The molecule has 0 aliphatic carbocycles. The molecular formula is C11H12BrFN2O4. The van der Waals surface area contributed by atoms with Gasteiger partial charge in [-0.3, -0.25) is 0 Å². The van der Waals surface area contributed by atoms with Gasteiger partial charge in [-0.1, -0.05) is 0 Å². The quantitative estimate of drug-likeness (QED) is 0.656. The number of aliphatic carboxylic acids is 1. The Kier molecular flexibility index (Phi) is 5.71. The van der Waals surface area contributed by atoms with E-state index in [1.165, 1.54) is 12.1 Å². The van der Waals surface area contributed by atoms with Crippen LogP contribution in [0.2, 0.25) is 0 Å². The molecule has 0 spiro atoms. The third-order valence-electron chi connectivity index (χ3n) is 2.16. The Hall–Kier alpha value is -1.67. The first-order valence-electron chi connectivity index (χ1n) is 5.31. The topological polar surface area (TPSA) is 98.7 Å². The molecule has 0 aromatic heterocycles. The van der Waals surface area contributed by atoms with Crippen LogP contribution in [0.25, 0.3) is 0 Å². The van der Waals surface area contributed by atoms with Gasteiger partial charge in [-0.05, 0) is 34.1 Å². The maximum Gasteiger partial charge on any atom is 0.332 e. The third-order valence-corrected chi connectivity index (χ3v) is 2.86. The van der Waals surface area contributed by atoms with E-state index >= 15 is 0 Å². The molecule has 0 saturated heterocycles.